The third-order valence-corrected chi connectivity index (χ3v) is 1.19. The summed E-state index contributed by atoms with van der Waals surface area (Å²) >= 11 is 4.08. The number of hydrogen-bond donors (Lipinski definition) is 3. The minimum atomic E-state index is 0.750. The largest absolute Gasteiger partial charge is 0.399 e. The van der Waals surface area contributed by atoms with Gasteiger partial charge in [0.15, 0.2) is 0 Å². The van der Waals surface area contributed by atoms with Crippen LogP contribution in [-0.4, -0.2) is 6.54 Å². The number of anilines is 1. The van der Waals surface area contributed by atoms with Crippen LogP contribution in [0.5, 0.6) is 0 Å². The smallest absolute Gasteiger partial charge is 0.0314 e. The van der Waals surface area contributed by atoms with Crippen molar-refractivity contribution in [3.8, 4) is 0 Å². The molecule has 0 amide bonds. The number of rotatable bonds is 0. The maximum atomic E-state index is 5.39. The first-order chi connectivity index (χ1) is 5.20. The van der Waals surface area contributed by atoms with Crippen LogP contribution < -0.4 is 11.5 Å². The molecule has 0 saturated heterocycles. The first-order valence-corrected chi connectivity index (χ1v) is 3.90. The minimum Gasteiger partial charge on any atom is -0.399 e. The molecule has 0 aliphatic heterocycles. The van der Waals surface area contributed by atoms with Gasteiger partial charge in [-0.3, -0.25) is 0 Å². The maximum absolute atomic E-state index is 5.39. The molecule has 0 bridgehead atoms. The number of hydrogen-bond acceptors (Lipinski definition) is 3. The Hall–Kier alpha value is -0.670. The monoisotopic (exact) mass is 170 g/mol. The number of nitrogen functional groups attached to an aromatic ring is 1. The normalized spacial score (nSPS) is 8.27. The number of benzene rings is 1. The fourth-order valence-electron chi connectivity index (χ4n) is 0.474. The summed E-state index contributed by atoms with van der Waals surface area (Å²) in [6.45, 7) is 2.65. The Morgan fingerprint density at radius 2 is 1.64 bits per heavy atom. The van der Waals surface area contributed by atoms with Crippen LogP contribution in [-0.2, 0) is 0 Å². The van der Waals surface area contributed by atoms with Crippen molar-refractivity contribution in [3.05, 3.63) is 24.3 Å². The van der Waals surface area contributed by atoms with E-state index in [2.05, 4.69) is 12.6 Å². The van der Waals surface area contributed by atoms with Crippen molar-refractivity contribution in [1.82, 2.24) is 0 Å². The summed E-state index contributed by atoms with van der Waals surface area (Å²) in [6.07, 6.45) is 0. The Labute approximate surface area is 73.0 Å². The number of thiol groups is 1. The molecule has 3 heteroatoms. The van der Waals surface area contributed by atoms with Gasteiger partial charge in [-0.05, 0) is 30.8 Å². The van der Waals surface area contributed by atoms with Crippen molar-refractivity contribution in [1.29, 1.82) is 0 Å². The molecule has 1 aromatic rings. The molecule has 62 valence electrons. The second-order valence-corrected chi connectivity index (χ2v) is 2.52. The van der Waals surface area contributed by atoms with Crippen LogP contribution in [0.15, 0.2) is 29.2 Å². The lowest BCUT2D eigenvalue weighted by molar-refractivity contribution is 1.14. The quantitative estimate of drug-likeness (QED) is 0.408. The molecule has 0 aliphatic rings. The molecule has 0 aliphatic carbocycles. The van der Waals surface area contributed by atoms with Crippen LogP contribution >= 0.6 is 12.6 Å². The third kappa shape index (κ3) is 5.76. The Morgan fingerprint density at radius 1 is 1.27 bits per heavy atom. The molecular weight excluding hydrogens is 156 g/mol. The summed E-state index contributed by atoms with van der Waals surface area (Å²) in [6, 6.07) is 7.36. The Bertz CT molecular complexity index is 163. The zero-order valence-corrected chi connectivity index (χ0v) is 7.51. The molecule has 0 saturated carbocycles. The van der Waals surface area contributed by atoms with Gasteiger partial charge in [-0.1, -0.05) is 6.92 Å². The standard InChI is InChI=1S/C6H7NS.C2H7N/c7-5-1-3-6(8)4-2-5;1-2-3/h1-4,8H,7H2;2-3H2,1H3. The van der Waals surface area contributed by atoms with Gasteiger partial charge < -0.3 is 11.5 Å². The van der Waals surface area contributed by atoms with Crippen molar-refractivity contribution in [2.75, 3.05) is 12.3 Å². The molecule has 0 fully saturated rings. The van der Waals surface area contributed by atoms with Crippen LogP contribution in [0.1, 0.15) is 6.92 Å². The van der Waals surface area contributed by atoms with Gasteiger partial charge in [0, 0.05) is 10.6 Å². The van der Waals surface area contributed by atoms with Crippen molar-refractivity contribution >= 4 is 18.3 Å². The van der Waals surface area contributed by atoms with Gasteiger partial charge in [-0.25, -0.2) is 0 Å². The highest BCUT2D eigenvalue weighted by molar-refractivity contribution is 7.80. The van der Waals surface area contributed by atoms with Crippen molar-refractivity contribution in [2.24, 2.45) is 5.73 Å². The Balaban J connectivity index is 0.000000292. The van der Waals surface area contributed by atoms with Gasteiger partial charge >= 0.3 is 0 Å². The number of nitrogens with two attached hydrogens (primary N) is 2. The van der Waals surface area contributed by atoms with Gasteiger partial charge in [-0.2, -0.15) is 0 Å². The molecule has 0 heterocycles. The molecule has 1 aromatic carbocycles. The van der Waals surface area contributed by atoms with Gasteiger partial charge in [-0.15, -0.1) is 12.6 Å². The van der Waals surface area contributed by atoms with Gasteiger partial charge in [0.05, 0.1) is 0 Å². The highest BCUT2D eigenvalue weighted by Crippen LogP contribution is 2.07. The van der Waals surface area contributed by atoms with E-state index in [0.29, 0.717) is 0 Å². The van der Waals surface area contributed by atoms with E-state index < -0.39 is 0 Å². The molecule has 0 atom stereocenters. The summed E-state index contributed by atoms with van der Waals surface area (Å²) in [5.74, 6) is 0. The molecule has 4 N–H and O–H groups in total. The molecule has 0 radical (unpaired) electrons. The average molecular weight is 170 g/mol. The van der Waals surface area contributed by atoms with Crippen LogP contribution in [0, 0.1) is 0 Å². The summed E-state index contributed by atoms with van der Waals surface area (Å²) in [5, 5.41) is 0. The van der Waals surface area contributed by atoms with Crippen LogP contribution in [0.2, 0.25) is 0 Å². The summed E-state index contributed by atoms with van der Waals surface area (Å²) in [7, 11) is 0. The Kier molecular flexibility index (Phi) is 5.70. The molecule has 1 rings (SSSR count). The summed E-state index contributed by atoms with van der Waals surface area (Å²) < 4.78 is 0. The van der Waals surface area contributed by atoms with E-state index in [0.717, 1.165) is 17.1 Å². The lowest BCUT2D eigenvalue weighted by atomic mass is 10.3. The highest BCUT2D eigenvalue weighted by Gasteiger charge is 1.81. The van der Waals surface area contributed by atoms with E-state index >= 15 is 0 Å². The van der Waals surface area contributed by atoms with Gasteiger partial charge in [0.2, 0.25) is 0 Å². The van der Waals surface area contributed by atoms with Crippen molar-refractivity contribution in [2.45, 2.75) is 11.8 Å². The summed E-state index contributed by atoms with van der Waals surface area (Å²) in [5.41, 5.74) is 11.0. The fraction of sp³-hybridized carbons (Fsp3) is 0.250. The predicted octanol–water partition coefficient (Wildman–Crippen LogP) is 1.52. The zero-order valence-electron chi connectivity index (χ0n) is 6.62. The molecule has 0 aromatic heterocycles. The predicted molar refractivity (Wildman–Crippen MR) is 52.8 cm³/mol. The first kappa shape index (κ1) is 10.3. The maximum Gasteiger partial charge on any atom is 0.0314 e. The van der Waals surface area contributed by atoms with Crippen molar-refractivity contribution in [3.63, 3.8) is 0 Å². The van der Waals surface area contributed by atoms with Gasteiger partial charge in [0.1, 0.15) is 0 Å². The molecule has 2 nitrogen and oxygen atoms in total. The lowest BCUT2D eigenvalue weighted by Gasteiger charge is -1.89. The first-order valence-electron chi connectivity index (χ1n) is 3.45. The Morgan fingerprint density at radius 3 is 1.91 bits per heavy atom. The highest BCUT2D eigenvalue weighted by atomic mass is 32.1. The topological polar surface area (TPSA) is 52.0 Å². The van der Waals surface area contributed by atoms with E-state index in [1.165, 1.54) is 0 Å². The second kappa shape index (κ2) is 6.07. The second-order valence-electron chi connectivity index (χ2n) is 2.00. The fourth-order valence-corrected chi connectivity index (χ4v) is 0.623. The van der Waals surface area contributed by atoms with E-state index in [1.54, 1.807) is 0 Å². The van der Waals surface area contributed by atoms with Gasteiger partial charge in [0.25, 0.3) is 0 Å². The minimum absolute atomic E-state index is 0.750. The van der Waals surface area contributed by atoms with Crippen LogP contribution in [0.25, 0.3) is 0 Å². The summed E-state index contributed by atoms with van der Waals surface area (Å²) in [4.78, 5) is 0.944. The van der Waals surface area contributed by atoms with E-state index in [9.17, 15) is 0 Å². The van der Waals surface area contributed by atoms with Crippen molar-refractivity contribution < 1.29 is 0 Å². The third-order valence-electron chi connectivity index (χ3n) is 0.893. The molecular formula is C8H14N2S. The molecule has 0 unspecified atom stereocenters. The SMILES string of the molecule is CCN.Nc1ccc(S)cc1. The van der Waals surface area contributed by atoms with Crippen LogP contribution in [0.4, 0.5) is 5.69 Å². The molecule has 0 spiro atoms. The van der Waals surface area contributed by atoms with Crippen LogP contribution in [0.3, 0.4) is 0 Å². The van der Waals surface area contributed by atoms with E-state index in [1.807, 2.05) is 31.2 Å². The molecule has 11 heavy (non-hydrogen) atoms. The zero-order chi connectivity index (χ0) is 8.69. The average Bonchev–Trinajstić information content (AvgIpc) is 1.97. The van der Waals surface area contributed by atoms with E-state index in [4.69, 9.17) is 11.5 Å². The lowest BCUT2D eigenvalue weighted by Crippen LogP contribution is -1.87. The van der Waals surface area contributed by atoms with E-state index in [-0.39, 0.29) is 0 Å².